The fourth-order valence-corrected chi connectivity index (χ4v) is 1.96. The SMILES string of the molecule is CCC(=O)NCCc1cn(-c2ccccc2)c(C)n1. The Bertz CT molecular complexity index is 546. The Hall–Kier alpha value is -2.10. The van der Waals surface area contributed by atoms with E-state index in [1.54, 1.807) is 0 Å². The summed E-state index contributed by atoms with van der Waals surface area (Å²) in [6.45, 7) is 4.47. The summed E-state index contributed by atoms with van der Waals surface area (Å²) in [6, 6.07) is 10.1. The molecule has 1 amide bonds. The highest BCUT2D eigenvalue weighted by Crippen LogP contribution is 2.12. The molecule has 0 aliphatic carbocycles. The number of aromatic nitrogens is 2. The summed E-state index contributed by atoms with van der Waals surface area (Å²) in [6.07, 6.45) is 3.31. The third-order valence-electron chi connectivity index (χ3n) is 2.99. The molecular weight excluding hydrogens is 238 g/mol. The Balaban J connectivity index is 2.03. The number of rotatable bonds is 5. The smallest absolute Gasteiger partial charge is 0.219 e. The number of hydrogen-bond acceptors (Lipinski definition) is 2. The minimum Gasteiger partial charge on any atom is -0.356 e. The molecule has 0 fully saturated rings. The molecule has 1 aromatic heterocycles. The van der Waals surface area contributed by atoms with Gasteiger partial charge in [0.15, 0.2) is 0 Å². The lowest BCUT2D eigenvalue weighted by Crippen LogP contribution is -2.24. The Kier molecular flexibility index (Phi) is 4.34. The Morgan fingerprint density at radius 1 is 1.32 bits per heavy atom. The second kappa shape index (κ2) is 6.18. The molecule has 4 heteroatoms. The van der Waals surface area contributed by atoms with Crippen molar-refractivity contribution in [3.8, 4) is 5.69 Å². The molecule has 0 unspecified atom stereocenters. The maximum absolute atomic E-state index is 11.2. The average Bonchev–Trinajstić information content (AvgIpc) is 2.80. The fourth-order valence-electron chi connectivity index (χ4n) is 1.96. The van der Waals surface area contributed by atoms with Crippen molar-refractivity contribution in [3.05, 3.63) is 48.0 Å². The van der Waals surface area contributed by atoms with E-state index in [1.165, 1.54) is 0 Å². The van der Waals surface area contributed by atoms with Crippen molar-refractivity contribution in [2.24, 2.45) is 0 Å². The quantitative estimate of drug-likeness (QED) is 0.893. The van der Waals surface area contributed by atoms with Gasteiger partial charge in [0, 0.05) is 31.3 Å². The number of hydrogen-bond donors (Lipinski definition) is 1. The summed E-state index contributed by atoms with van der Waals surface area (Å²) >= 11 is 0. The first kappa shape index (κ1) is 13.3. The van der Waals surface area contributed by atoms with Crippen LogP contribution >= 0.6 is 0 Å². The summed E-state index contributed by atoms with van der Waals surface area (Å²) in [4.78, 5) is 15.7. The minimum absolute atomic E-state index is 0.0826. The molecule has 0 radical (unpaired) electrons. The summed E-state index contributed by atoms with van der Waals surface area (Å²) in [7, 11) is 0. The zero-order valence-corrected chi connectivity index (χ0v) is 11.4. The van der Waals surface area contributed by atoms with Crippen molar-refractivity contribution in [1.29, 1.82) is 0 Å². The van der Waals surface area contributed by atoms with Gasteiger partial charge in [-0.2, -0.15) is 0 Å². The van der Waals surface area contributed by atoms with Crippen molar-refractivity contribution < 1.29 is 4.79 Å². The predicted octanol–water partition coefficient (Wildman–Crippen LogP) is 2.25. The highest BCUT2D eigenvalue weighted by Gasteiger charge is 2.06. The number of aryl methyl sites for hydroxylation is 1. The van der Waals surface area contributed by atoms with Crippen molar-refractivity contribution in [3.63, 3.8) is 0 Å². The molecule has 2 aromatic rings. The number of carbonyl (C=O) groups excluding carboxylic acids is 1. The molecule has 0 bridgehead atoms. The van der Waals surface area contributed by atoms with E-state index in [9.17, 15) is 4.79 Å². The number of imidazole rings is 1. The summed E-state index contributed by atoms with van der Waals surface area (Å²) < 4.78 is 2.07. The average molecular weight is 257 g/mol. The van der Waals surface area contributed by atoms with Crippen LogP contribution in [0.25, 0.3) is 5.69 Å². The molecule has 1 N–H and O–H groups in total. The molecule has 0 aliphatic rings. The van der Waals surface area contributed by atoms with Crippen LogP contribution in [0.4, 0.5) is 0 Å². The zero-order valence-electron chi connectivity index (χ0n) is 11.4. The van der Waals surface area contributed by atoms with Crippen LogP contribution in [-0.4, -0.2) is 22.0 Å². The molecule has 0 saturated heterocycles. The third-order valence-corrected chi connectivity index (χ3v) is 2.99. The van der Waals surface area contributed by atoms with Gasteiger partial charge in [-0.05, 0) is 19.1 Å². The number of benzene rings is 1. The molecule has 4 nitrogen and oxygen atoms in total. The van der Waals surface area contributed by atoms with E-state index >= 15 is 0 Å². The number of para-hydroxylation sites is 1. The zero-order chi connectivity index (χ0) is 13.7. The lowest BCUT2D eigenvalue weighted by atomic mass is 10.3. The van der Waals surface area contributed by atoms with E-state index in [0.29, 0.717) is 13.0 Å². The first-order valence-corrected chi connectivity index (χ1v) is 6.57. The van der Waals surface area contributed by atoms with E-state index < -0.39 is 0 Å². The Morgan fingerprint density at radius 3 is 2.74 bits per heavy atom. The molecule has 0 saturated carbocycles. The molecule has 0 aliphatic heterocycles. The molecule has 1 aromatic carbocycles. The van der Waals surface area contributed by atoms with Gasteiger partial charge in [0.05, 0.1) is 5.69 Å². The second-order valence-electron chi connectivity index (χ2n) is 4.44. The first-order chi connectivity index (χ1) is 9.20. The van der Waals surface area contributed by atoms with Gasteiger partial charge in [-0.1, -0.05) is 25.1 Å². The highest BCUT2D eigenvalue weighted by molar-refractivity contribution is 5.75. The number of nitrogens with one attached hydrogen (secondary N) is 1. The largest absolute Gasteiger partial charge is 0.356 e. The molecular formula is C15H19N3O. The van der Waals surface area contributed by atoms with Crippen LogP contribution in [0.3, 0.4) is 0 Å². The lowest BCUT2D eigenvalue weighted by Gasteiger charge is -2.03. The van der Waals surface area contributed by atoms with Crippen LogP contribution in [0, 0.1) is 6.92 Å². The van der Waals surface area contributed by atoms with Gasteiger partial charge >= 0.3 is 0 Å². The topological polar surface area (TPSA) is 46.9 Å². The van der Waals surface area contributed by atoms with E-state index in [0.717, 1.165) is 23.6 Å². The van der Waals surface area contributed by atoms with E-state index in [1.807, 2.05) is 38.2 Å². The van der Waals surface area contributed by atoms with Crippen LogP contribution in [-0.2, 0) is 11.2 Å². The number of nitrogens with zero attached hydrogens (tertiary/aromatic N) is 2. The molecule has 0 spiro atoms. The normalized spacial score (nSPS) is 10.4. The van der Waals surface area contributed by atoms with E-state index in [2.05, 4.69) is 27.0 Å². The van der Waals surface area contributed by atoms with Crippen LogP contribution in [0.2, 0.25) is 0 Å². The highest BCUT2D eigenvalue weighted by atomic mass is 16.1. The molecule has 19 heavy (non-hydrogen) atoms. The van der Waals surface area contributed by atoms with Gasteiger partial charge in [0.1, 0.15) is 5.82 Å². The molecule has 1 heterocycles. The predicted molar refractivity (Wildman–Crippen MR) is 75.3 cm³/mol. The monoisotopic (exact) mass is 257 g/mol. The first-order valence-electron chi connectivity index (χ1n) is 6.57. The van der Waals surface area contributed by atoms with Crippen molar-refractivity contribution in [2.75, 3.05) is 6.54 Å². The van der Waals surface area contributed by atoms with Crippen molar-refractivity contribution >= 4 is 5.91 Å². The number of amides is 1. The Morgan fingerprint density at radius 2 is 2.05 bits per heavy atom. The summed E-state index contributed by atoms with van der Waals surface area (Å²) in [5.41, 5.74) is 2.11. The van der Waals surface area contributed by atoms with Gasteiger partial charge in [0.2, 0.25) is 5.91 Å². The second-order valence-corrected chi connectivity index (χ2v) is 4.44. The van der Waals surface area contributed by atoms with Gasteiger partial charge in [0.25, 0.3) is 0 Å². The standard InChI is InChI=1S/C15H19N3O/c1-3-15(19)16-10-9-13-11-18(12(2)17-13)14-7-5-4-6-8-14/h4-8,11H,3,9-10H2,1-2H3,(H,16,19). The summed E-state index contributed by atoms with van der Waals surface area (Å²) in [5, 5.41) is 2.86. The maximum Gasteiger partial charge on any atom is 0.219 e. The minimum atomic E-state index is 0.0826. The van der Waals surface area contributed by atoms with Gasteiger partial charge in [-0.25, -0.2) is 4.98 Å². The van der Waals surface area contributed by atoms with Gasteiger partial charge < -0.3 is 9.88 Å². The van der Waals surface area contributed by atoms with Crippen molar-refractivity contribution in [1.82, 2.24) is 14.9 Å². The van der Waals surface area contributed by atoms with Gasteiger partial charge in [-0.3, -0.25) is 4.79 Å². The molecule has 2 rings (SSSR count). The fraction of sp³-hybridized carbons (Fsp3) is 0.333. The van der Waals surface area contributed by atoms with Crippen LogP contribution in [0.1, 0.15) is 24.9 Å². The van der Waals surface area contributed by atoms with Crippen molar-refractivity contribution in [2.45, 2.75) is 26.7 Å². The maximum atomic E-state index is 11.2. The van der Waals surface area contributed by atoms with Crippen LogP contribution < -0.4 is 5.32 Å². The third kappa shape index (κ3) is 3.44. The van der Waals surface area contributed by atoms with Crippen LogP contribution in [0.15, 0.2) is 36.5 Å². The molecule has 100 valence electrons. The Labute approximate surface area is 113 Å². The van der Waals surface area contributed by atoms with E-state index in [4.69, 9.17) is 0 Å². The van der Waals surface area contributed by atoms with E-state index in [-0.39, 0.29) is 5.91 Å². The molecule has 0 atom stereocenters. The number of carbonyl (C=O) groups is 1. The van der Waals surface area contributed by atoms with Crippen LogP contribution in [0.5, 0.6) is 0 Å². The van der Waals surface area contributed by atoms with Gasteiger partial charge in [-0.15, -0.1) is 0 Å². The lowest BCUT2D eigenvalue weighted by molar-refractivity contribution is -0.120. The summed E-state index contributed by atoms with van der Waals surface area (Å²) in [5.74, 6) is 1.04.